The lowest BCUT2D eigenvalue weighted by Gasteiger charge is -2.33. The summed E-state index contributed by atoms with van der Waals surface area (Å²) >= 11 is 0. The average Bonchev–Trinajstić information content (AvgIpc) is 2.77. The molecule has 1 aromatic rings. The van der Waals surface area contributed by atoms with E-state index in [2.05, 4.69) is 58.5 Å². The number of ether oxygens (including phenoxy) is 1. The number of rotatable bonds is 9. The van der Waals surface area contributed by atoms with Crippen LogP contribution < -0.4 is 10.6 Å². The van der Waals surface area contributed by atoms with Gasteiger partial charge in [0.1, 0.15) is 0 Å². The predicted molar refractivity (Wildman–Crippen MR) is 125 cm³/mol. The Morgan fingerprint density at radius 1 is 1.10 bits per heavy atom. The Bertz CT molecular complexity index is 644. The molecule has 0 spiro atoms. The van der Waals surface area contributed by atoms with E-state index in [1.807, 2.05) is 0 Å². The molecule has 6 heteroatoms. The van der Waals surface area contributed by atoms with E-state index in [1.165, 1.54) is 43.5 Å². The van der Waals surface area contributed by atoms with Gasteiger partial charge in [-0.2, -0.15) is 0 Å². The molecule has 3 rings (SSSR count). The second kappa shape index (κ2) is 12.9. The molecule has 0 saturated carbocycles. The Morgan fingerprint density at radius 3 is 2.67 bits per heavy atom. The van der Waals surface area contributed by atoms with Crippen molar-refractivity contribution in [3.05, 3.63) is 35.4 Å². The maximum absolute atomic E-state index is 5.48. The van der Waals surface area contributed by atoms with Crippen LogP contribution in [-0.2, 0) is 17.8 Å². The number of hydrogen-bond acceptors (Lipinski definition) is 4. The van der Waals surface area contributed by atoms with Gasteiger partial charge in [-0.25, -0.2) is 4.99 Å². The summed E-state index contributed by atoms with van der Waals surface area (Å²) in [4.78, 5) is 9.98. The molecule has 2 aliphatic heterocycles. The van der Waals surface area contributed by atoms with E-state index >= 15 is 0 Å². The SMILES string of the molecule is CCNC(=NCc1ccccc1CN1CCOCC1)NCCCN1CCCCC1C. The molecule has 2 fully saturated rings. The predicted octanol–water partition coefficient (Wildman–Crippen LogP) is 2.84. The third kappa shape index (κ3) is 7.56. The summed E-state index contributed by atoms with van der Waals surface area (Å²) in [5.74, 6) is 0.922. The number of hydrogen-bond donors (Lipinski definition) is 2. The van der Waals surface area contributed by atoms with Crippen molar-refractivity contribution in [2.24, 2.45) is 4.99 Å². The lowest BCUT2D eigenvalue weighted by molar-refractivity contribution is 0.0341. The second-order valence-electron chi connectivity index (χ2n) is 8.51. The number of guanidine groups is 1. The minimum Gasteiger partial charge on any atom is -0.379 e. The fourth-order valence-corrected chi connectivity index (χ4v) is 4.35. The van der Waals surface area contributed by atoms with Crippen molar-refractivity contribution in [2.45, 2.75) is 58.7 Å². The molecule has 0 aliphatic carbocycles. The summed E-state index contributed by atoms with van der Waals surface area (Å²) in [5, 5.41) is 6.93. The molecule has 2 saturated heterocycles. The summed E-state index contributed by atoms with van der Waals surface area (Å²) < 4.78 is 5.48. The minimum absolute atomic E-state index is 0.707. The Kier molecular flexibility index (Phi) is 9.93. The normalized spacial score (nSPS) is 21.5. The molecule has 168 valence electrons. The smallest absolute Gasteiger partial charge is 0.191 e. The molecular weight excluding hydrogens is 374 g/mol. The van der Waals surface area contributed by atoms with Gasteiger partial charge in [-0.1, -0.05) is 30.7 Å². The monoisotopic (exact) mass is 415 g/mol. The van der Waals surface area contributed by atoms with Crippen LogP contribution in [0.25, 0.3) is 0 Å². The van der Waals surface area contributed by atoms with Crippen LogP contribution in [0.3, 0.4) is 0 Å². The van der Waals surface area contributed by atoms with Crippen LogP contribution in [-0.4, -0.2) is 74.3 Å². The minimum atomic E-state index is 0.707. The Morgan fingerprint density at radius 2 is 1.90 bits per heavy atom. The third-order valence-electron chi connectivity index (χ3n) is 6.22. The zero-order valence-corrected chi connectivity index (χ0v) is 19.0. The van der Waals surface area contributed by atoms with Crippen molar-refractivity contribution in [1.29, 1.82) is 0 Å². The first kappa shape index (κ1) is 23.0. The summed E-state index contributed by atoms with van der Waals surface area (Å²) in [7, 11) is 0. The number of likely N-dealkylation sites (tertiary alicyclic amines) is 1. The van der Waals surface area contributed by atoms with E-state index in [1.54, 1.807) is 0 Å². The summed E-state index contributed by atoms with van der Waals surface area (Å²) in [6.07, 6.45) is 5.25. The Labute approximate surface area is 183 Å². The van der Waals surface area contributed by atoms with Gasteiger partial charge in [-0.05, 0) is 50.8 Å². The molecule has 2 N–H and O–H groups in total. The highest BCUT2D eigenvalue weighted by atomic mass is 16.5. The number of aliphatic imine (C=N–C) groups is 1. The highest BCUT2D eigenvalue weighted by Crippen LogP contribution is 2.16. The standard InChI is InChI=1S/C24H41N5O/c1-3-25-24(26-12-8-14-29-13-7-6-9-21(29)2)27-19-22-10-4-5-11-23(22)20-28-15-17-30-18-16-28/h4-5,10-11,21H,3,6-9,12-20H2,1-2H3,(H2,25,26,27). The topological polar surface area (TPSA) is 52.1 Å². The highest BCUT2D eigenvalue weighted by Gasteiger charge is 2.17. The number of piperidine rings is 1. The van der Waals surface area contributed by atoms with Gasteiger partial charge in [0, 0.05) is 45.3 Å². The van der Waals surface area contributed by atoms with Gasteiger partial charge in [0.25, 0.3) is 0 Å². The third-order valence-corrected chi connectivity index (χ3v) is 6.22. The molecule has 2 heterocycles. The van der Waals surface area contributed by atoms with Gasteiger partial charge in [0.05, 0.1) is 19.8 Å². The maximum atomic E-state index is 5.48. The summed E-state index contributed by atoms with van der Waals surface area (Å²) in [5.41, 5.74) is 2.68. The van der Waals surface area contributed by atoms with Gasteiger partial charge >= 0.3 is 0 Å². The molecule has 0 amide bonds. The lowest BCUT2D eigenvalue weighted by Crippen LogP contribution is -2.41. The number of morpholine rings is 1. The van der Waals surface area contributed by atoms with Crippen LogP contribution >= 0.6 is 0 Å². The van der Waals surface area contributed by atoms with Crippen molar-refractivity contribution in [3.63, 3.8) is 0 Å². The van der Waals surface area contributed by atoms with E-state index in [4.69, 9.17) is 9.73 Å². The summed E-state index contributed by atoms with van der Waals surface area (Å²) in [6, 6.07) is 9.44. The maximum Gasteiger partial charge on any atom is 0.191 e. The van der Waals surface area contributed by atoms with Crippen molar-refractivity contribution < 1.29 is 4.74 Å². The van der Waals surface area contributed by atoms with Crippen molar-refractivity contribution in [2.75, 3.05) is 52.5 Å². The van der Waals surface area contributed by atoms with Crippen LogP contribution in [0.15, 0.2) is 29.3 Å². The molecule has 6 nitrogen and oxygen atoms in total. The van der Waals surface area contributed by atoms with E-state index in [9.17, 15) is 0 Å². The Balaban J connectivity index is 1.49. The van der Waals surface area contributed by atoms with E-state index < -0.39 is 0 Å². The van der Waals surface area contributed by atoms with Crippen LogP contribution in [0.4, 0.5) is 0 Å². The number of nitrogens with zero attached hydrogens (tertiary/aromatic N) is 3. The molecular formula is C24H41N5O. The molecule has 0 radical (unpaired) electrons. The number of nitrogens with one attached hydrogen (secondary N) is 2. The van der Waals surface area contributed by atoms with Crippen molar-refractivity contribution >= 4 is 5.96 Å². The first-order chi connectivity index (χ1) is 14.8. The van der Waals surface area contributed by atoms with Crippen molar-refractivity contribution in [1.82, 2.24) is 20.4 Å². The first-order valence-electron chi connectivity index (χ1n) is 11.9. The van der Waals surface area contributed by atoms with E-state index in [-0.39, 0.29) is 0 Å². The fraction of sp³-hybridized carbons (Fsp3) is 0.708. The van der Waals surface area contributed by atoms with Gasteiger partial charge in [-0.3, -0.25) is 4.90 Å². The largest absolute Gasteiger partial charge is 0.379 e. The average molecular weight is 416 g/mol. The van der Waals surface area contributed by atoms with Crippen LogP contribution in [0.2, 0.25) is 0 Å². The van der Waals surface area contributed by atoms with Crippen LogP contribution in [0, 0.1) is 0 Å². The lowest BCUT2D eigenvalue weighted by atomic mass is 10.0. The molecule has 2 aliphatic rings. The summed E-state index contributed by atoms with van der Waals surface area (Å²) in [6.45, 7) is 14.2. The van der Waals surface area contributed by atoms with E-state index in [0.717, 1.165) is 64.4 Å². The van der Waals surface area contributed by atoms with Gasteiger partial charge in [-0.15, -0.1) is 0 Å². The molecule has 1 atom stereocenters. The molecule has 0 aromatic heterocycles. The number of benzene rings is 1. The molecule has 30 heavy (non-hydrogen) atoms. The highest BCUT2D eigenvalue weighted by molar-refractivity contribution is 5.79. The molecule has 0 bridgehead atoms. The molecule has 1 aromatic carbocycles. The van der Waals surface area contributed by atoms with Crippen LogP contribution in [0.5, 0.6) is 0 Å². The van der Waals surface area contributed by atoms with E-state index in [0.29, 0.717) is 6.54 Å². The fourth-order valence-electron chi connectivity index (χ4n) is 4.35. The Hall–Kier alpha value is -1.63. The zero-order valence-electron chi connectivity index (χ0n) is 19.0. The van der Waals surface area contributed by atoms with Crippen LogP contribution in [0.1, 0.15) is 50.7 Å². The van der Waals surface area contributed by atoms with Gasteiger partial charge in [0.15, 0.2) is 5.96 Å². The molecule has 1 unspecified atom stereocenters. The van der Waals surface area contributed by atoms with Gasteiger partial charge in [0.2, 0.25) is 0 Å². The quantitative estimate of drug-likeness (QED) is 0.369. The zero-order chi connectivity index (χ0) is 21.0. The first-order valence-corrected chi connectivity index (χ1v) is 11.9. The second-order valence-corrected chi connectivity index (χ2v) is 8.51. The van der Waals surface area contributed by atoms with Gasteiger partial charge < -0.3 is 20.3 Å². The van der Waals surface area contributed by atoms with Crippen molar-refractivity contribution in [3.8, 4) is 0 Å².